The summed E-state index contributed by atoms with van der Waals surface area (Å²) in [6.07, 6.45) is 0. The summed E-state index contributed by atoms with van der Waals surface area (Å²) in [7, 11) is 0. The van der Waals surface area contributed by atoms with Gasteiger partial charge < -0.3 is 9.84 Å². The van der Waals surface area contributed by atoms with Crippen molar-refractivity contribution in [1.29, 1.82) is 0 Å². The topological polar surface area (TPSA) is 46.5 Å². The molecule has 5 heteroatoms. The minimum Gasteiger partial charge on any atom is -0.488 e. The fourth-order valence-electron chi connectivity index (χ4n) is 1.62. The van der Waals surface area contributed by atoms with E-state index < -0.39 is 5.97 Å². The Morgan fingerprint density at radius 2 is 2.00 bits per heavy atom. The Morgan fingerprint density at radius 1 is 1.26 bits per heavy atom. The second-order valence-electron chi connectivity index (χ2n) is 3.84. The van der Waals surface area contributed by atoms with Gasteiger partial charge in [0.2, 0.25) is 0 Å². The van der Waals surface area contributed by atoms with Crippen molar-refractivity contribution in [3.05, 3.63) is 63.1 Å². The smallest absolute Gasteiger partial charge is 0.340 e. The lowest BCUT2D eigenvalue weighted by atomic mass is 10.2. The summed E-state index contributed by atoms with van der Waals surface area (Å²) in [4.78, 5) is 11.2. The first-order valence-corrected chi connectivity index (χ1v) is 6.64. The first-order chi connectivity index (χ1) is 9.08. The predicted molar refractivity (Wildman–Crippen MR) is 76.9 cm³/mol. The number of ether oxygens (including phenoxy) is 1. The fourth-order valence-corrected chi connectivity index (χ4v) is 2.35. The van der Waals surface area contributed by atoms with E-state index in [1.165, 1.54) is 0 Å². The van der Waals surface area contributed by atoms with E-state index in [0.29, 0.717) is 15.2 Å². The first-order valence-electron chi connectivity index (χ1n) is 5.47. The van der Waals surface area contributed by atoms with Gasteiger partial charge in [0, 0.05) is 9.50 Å². The number of hydrogen-bond donors (Lipinski definition) is 1. The minimum atomic E-state index is -1.03. The number of aromatic carboxylic acids is 1. The molecule has 0 saturated carbocycles. The van der Waals surface area contributed by atoms with Gasteiger partial charge >= 0.3 is 5.97 Å². The van der Waals surface area contributed by atoms with Gasteiger partial charge in [0.1, 0.15) is 17.9 Å². The molecular formula is C14H10BrClO3. The molecule has 98 valence electrons. The molecule has 2 aromatic carbocycles. The van der Waals surface area contributed by atoms with Crippen molar-refractivity contribution >= 4 is 33.5 Å². The second-order valence-corrected chi connectivity index (χ2v) is 5.13. The number of carbonyl (C=O) groups is 1. The van der Waals surface area contributed by atoms with Crippen LogP contribution in [0.4, 0.5) is 0 Å². The summed E-state index contributed by atoms with van der Waals surface area (Å²) >= 11 is 9.08. The molecule has 3 nitrogen and oxygen atoms in total. The molecule has 2 rings (SSSR count). The maximum atomic E-state index is 11.2. The molecule has 0 amide bonds. The van der Waals surface area contributed by atoms with Gasteiger partial charge in [0.05, 0.1) is 0 Å². The van der Waals surface area contributed by atoms with E-state index in [9.17, 15) is 4.79 Å². The number of rotatable bonds is 4. The molecule has 19 heavy (non-hydrogen) atoms. The van der Waals surface area contributed by atoms with E-state index in [4.69, 9.17) is 21.4 Å². The Hall–Kier alpha value is -1.52. The third-order valence-corrected chi connectivity index (χ3v) is 3.37. The molecule has 0 aliphatic carbocycles. The van der Waals surface area contributed by atoms with Crippen molar-refractivity contribution in [3.63, 3.8) is 0 Å². The van der Waals surface area contributed by atoms with Gasteiger partial charge in [-0.2, -0.15) is 0 Å². The van der Waals surface area contributed by atoms with Crippen LogP contribution >= 0.6 is 27.5 Å². The highest BCUT2D eigenvalue weighted by atomic mass is 79.9. The number of carboxylic acids is 1. The molecule has 0 spiro atoms. The average Bonchev–Trinajstić information content (AvgIpc) is 2.36. The van der Waals surface area contributed by atoms with Crippen LogP contribution < -0.4 is 4.74 Å². The normalized spacial score (nSPS) is 10.2. The lowest BCUT2D eigenvalue weighted by Gasteiger charge is -2.10. The van der Waals surface area contributed by atoms with Gasteiger partial charge in [0.15, 0.2) is 0 Å². The van der Waals surface area contributed by atoms with Crippen LogP contribution in [-0.2, 0) is 6.61 Å². The Balaban J connectivity index is 2.20. The van der Waals surface area contributed by atoms with Gasteiger partial charge in [-0.15, -0.1) is 0 Å². The van der Waals surface area contributed by atoms with Crippen molar-refractivity contribution in [2.45, 2.75) is 6.61 Å². The largest absolute Gasteiger partial charge is 0.488 e. The molecule has 0 heterocycles. The molecular weight excluding hydrogens is 332 g/mol. The Morgan fingerprint density at radius 3 is 2.68 bits per heavy atom. The molecule has 0 unspecified atom stereocenters. The summed E-state index contributed by atoms with van der Waals surface area (Å²) < 4.78 is 6.04. The zero-order chi connectivity index (χ0) is 13.8. The highest BCUT2D eigenvalue weighted by Gasteiger charge is 2.15. The Kier molecular flexibility index (Phi) is 4.45. The van der Waals surface area contributed by atoms with Crippen molar-refractivity contribution in [2.75, 3.05) is 0 Å². The van der Waals surface area contributed by atoms with Gasteiger partial charge in [-0.25, -0.2) is 4.79 Å². The first kappa shape index (κ1) is 13.9. The molecule has 2 aromatic rings. The molecule has 0 radical (unpaired) electrons. The Bertz CT molecular complexity index is 613. The van der Waals surface area contributed by atoms with Gasteiger partial charge in [0.25, 0.3) is 0 Å². The molecule has 0 saturated heterocycles. The van der Waals surface area contributed by atoms with Gasteiger partial charge in [-0.3, -0.25) is 0 Å². The predicted octanol–water partition coefficient (Wildman–Crippen LogP) is 4.38. The summed E-state index contributed by atoms with van der Waals surface area (Å²) in [6.45, 7) is 0.261. The van der Waals surface area contributed by atoms with E-state index in [1.54, 1.807) is 30.3 Å². The van der Waals surface area contributed by atoms with E-state index in [1.807, 2.05) is 12.1 Å². The van der Waals surface area contributed by atoms with Crippen molar-refractivity contribution in [2.24, 2.45) is 0 Å². The van der Waals surface area contributed by atoms with Crippen molar-refractivity contribution < 1.29 is 14.6 Å². The third-order valence-electron chi connectivity index (χ3n) is 2.47. The SMILES string of the molecule is O=C(O)c1c(Br)cccc1OCc1cccc(Cl)c1. The zero-order valence-corrected chi connectivity index (χ0v) is 12.1. The average molecular weight is 342 g/mol. The number of carboxylic acid groups (broad SMARTS) is 1. The van der Waals surface area contributed by atoms with Gasteiger partial charge in [-0.1, -0.05) is 29.8 Å². The van der Waals surface area contributed by atoms with Crippen LogP contribution in [0.1, 0.15) is 15.9 Å². The molecule has 0 atom stereocenters. The second kappa shape index (κ2) is 6.08. The van der Waals surface area contributed by atoms with Crippen molar-refractivity contribution in [1.82, 2.24) is 0 Å². The van der Waals surface area contributed by atoms with Crippen LogP contribution in [-0.4, -0.2) is 11.1 Å². The van der Waals surface area contributed by atoms with Crippen LogP contribution in [0.15, 0.2) is 46.9 Å². The molecule has 0 bridgehead atoms. The molecule has 0 aromatic heterocycles. The van der Waals surface area contributed by atoms with E-state index in [-0.39, 0.29) is 12.2 Å². The maximum absolute atomic E-state index is 11.2. The lowest BCUT2D eigenvalue weighted by Crippen LogP contribution is -2.04. The van der Waals surface area contributed by atoms with E-state index >= 15 is 0 Å². The zero-order valence-electron chi connectivity index (χ0n) is 9.77. The summed E-state index contributed by atoms with van der Waals surface area (Å²) in [5.41, 5.74) is 0.994. The number of benzene rings is 2. The summed E-state index contributed by atoms with van der Waals surface area (Å²) in [5, 5.41) is 9.78. The maximum Gasteiger partial charge on any atom is 0.340 e. The van der Waals surface area contributed by atoms with Crippen LogP contribution in [0.2, 0.25) is 5.02 Å². The number of halogens is 2. The molecule has 0 aliphatic rings. The van der Waals surface area contributed by atoms with Crippen LogP contribution in [0, 0.1) is 0 Å². The summed E-state index contributed by atoms with van der Waals surface area (Å²) in [6, 6.07) is 12.2. The standard InChI is InChI=1S/C14H10BrClO3/c15-11-5-2-6-12(13(11)14(17)18)19-8-9-3-1-4-10(16)7-9/h1-7H,8H2,(H,17,18). The van der Waals surface area contributed by atoms with Crippen LogP contribution in [0.25, 0.3) is 0 Å². The van der Waals surface area contributed by atoms with E-state index in [0.717, 1.165) is 5.56 Å². The lowest BCUT2D eigenvalue weighted by molar-refractivity contribution is 0.0690. The number of hydrogen-bond acceptors (Lipinski definition) is 2. The monoisotopic (exact) mass is 340 g/mol. The van der Waals surface area contributed by atoms with Gasteiger partial charge in [-0.05, 0) is 45.8 Å². The minimum absolute atomic E-state index is 0.115. The molecule has 1 N–H and O–H groups in total. The molecule has 0 aliphatic heterocycles. The van der Waals surface area contributed by atoms with E-state index in [2.05, 4.69) is 15.9 Å². The molecule has 0 fully saturated rings. The third kappa shape index (κ3) is 3.49. The van der Waals surface area contributed by atoms with Crippen LogP contribution in [0.3, 0.4) is 0 Å². The highest BCUT2D eigenvalue weighted by Crippen LogP contribution is 2.27. The summed E-state index contributed by atoms with van der Waals surface area (Å²) in [5.74, 6) is -0.713. The quantitative estimate of drug-likeness (QED) is 0.897. The fraction of sp³-hybridized carbons (Fsp3) is 0.0714. The highest BCUT2D eigenvalue weighted by molar-refractivity contribution is 9.10. The van der Waals surface area contributed by atoms with Crippen molar-refractivity contribution in [3.8, 4) is 5.75 Å². The Labute approximate surface area is 123 Å². The van der Waals surface area contributed by atoms with Crippen LogP contribution in [0.5, 0.6) is 5.75 Å².